The second-order valence-electron chi connectivity index (χ2n) is 3.31. The molecule has 74 valence electrons. The lowest BCUT2D eigenvalue weighted by atomic mass is 10.2. The number of para-hydroxylation sites is 1. The van der Waals surface area contributed by atoms with Gasteiger partial charge in [-0.2, -0.15) is 0 Å². The van der Waals surface area contributed by atoms with Gasteiger partial charge in [-0.1, -0.05) is 49.6 Å². The molecule has 0 spiro atoms. The summed E-state index contributed by atoms with van der Waals surface area (Å²) < 4.78 is 5.61. The Bertz CT molecular complexity index is 621. The van der Waals surface area contributed by atoms with Crippen molar-refractivity contribution in [1.29, 1.82) is 0 Å². The Morgan fingerprint density at radius 1 is 0.800 bits per heavy atom. The minimum atomic E-state index is 0.627. The first kappa shape index (κ1) is 9.53. The van der Waals surface area contributed by atoms with E-state index in [1.165, 1.54) is 0 Å². The number of rotatable bonds is 0. The lowest BCUT2D eigenvalue weighted by Gasteiger charge is -1.91. The Balaban J connectivity index is 3.08. The van der Waals surface area contributed by atoms with Crippen LogP contribution in [0, 0.1) is 0 Å². The summed E-state index contributed by atoms with van der Waals surface area (Å²) in [5.74, 6) is 0. The summed E-state index contributed by atoms with van der Waals surface area (Å²) in [7, 11) is 0. The molecule has 0 saturated carbocycles. The van der Waals surface area contributed by atoms with E-state index >= 15 is 0 Å². The zero-order valence-electron chi connectivity index (χ0n) is 8.44. The summed E-state index contributed by atoms with van der Waals surface area (Å²) in [6.45, 7) is 7.80. The lowest BCUT2D eigenvalue weighted by Crippen LogP contribution is -1.95. The van der Waals surface area contributed by atoms with Crippen LogP contribution in [-0.2, 0) is 0 Å². The molecule has 1 heteroatoms. The molecule has 1 nitrogen and oxygen atoms in total. The van der Waals surface area contributed by atoms with Gasteiger partial charge in [0, 0.05) is 5.39 Å². The van der Waals surface area contributed by atoms with Crippen LogP contribution in [0.4, 0.5) is 0 Å². The van der Waals surface area contributed by atoms with Crippen LogP contribution in [0.2, 0.25) is 0 Å². The third kappa shape index (κ3) is 2.08. The van der Waals surface area contributed by atoms with Gasteiger partial charge in [-0.15, -0.1) is 0 Å². The van der Waals surface area contributed by atoms with Gasteiger partial charge >= 0.3 is 0 Å². The minimum absolute atomic E-state index is 0.627. The Labute approximate surface area is 88.3 Å². The van der Waals surface area contributed by atoms with Gasteiger partial charge in [-0.25, -0.2) is 0 Å². The van der Waals surface area contributed by atoms with Gasteiger partial charge in [-0.3, -0.25) is 0 Å². The van der Waals surface area contributed by atoms with E-state index in [1.54, 1.807) is 0 Å². The second-order valence-corrected chi connectivity index (χ2v) is 3.31. The highest BCUT2D eigenvalue weighted by Crippen LogP contribution is 2.04. The normalized spacial score (nSPS) is 9.87. The van der Waals surface area contributed by atoms with Gasteiger partial charge in [0.1, 0.15) is 11.0 Å². The molecule has 2 rings (SSSR count). The maximum atomic E-state index is 5.61. The van der Waals surface area contributed by atoms with Crippen molar-refractivity contribution in [1.82, 2.24) is 0 Å². The van der Waals surface area contributed by atoms with E-state index in [4.69, 9.17) is 4.42 Å². The molecule has 0 aliphatic rings. The van der Waals surface area contributed by atoms with Crippen molar-refractivity contribution in [3.05, 3.63) is 59.2 Å². The van der Waals surface area contributed by atoms with Crippen molar-refractivity contribution in [2.24, 2.45) is 0 Å². The topological polar surface area (TPSA) is 13.1 Å². The summed E-state index contributed by atoms with van der Waals surface area (Å²) >= 11 is 0. The first-order chi connectivity index (χ1) is 7.27. The van der Waals surface area contributed by atoms with Crippen LogP contribution in [0.1, 0.15) is 0 Å². The third-order valence-corrected chi connectivity index (χ3v) is 2.16. The number of hydrogen-bond acceptors (Lipinski definition) is 1. The predicted octanol–water partition coefficient (Wildman–Crippen LogP) is 2.38. The summed E-state index contributed by atoms with van der Waals surface area (Å²) in [6, 6.07) is 15.4. The van der Waals surface area contributed by atoms with Crippen LogP contribution in [0.25, 0.3) is 24.1 Å². The average molecular weight is 196 g/mol. The Kier molecular flexibility index (Phi) is 2.55. The van der Waals surface area contributed by atoms with E-state index in [9.17, 15) is 0 Å². The SMILES string of the molecule is C=c1ccccc(=C)c2ccccc2o1. The maximum absolute atomic E-state index is 5.61. The number of hydrogen-bond donors (Lipinski definition) is 0. The average Bonchev–Trinajstić information content (AvgIpc) is 2.30. The van der Waals surface area contributed by atoms with Crippen LogP contribution in [-0.4, -0.2) is 0 Å². The monoisotopic (exact) mass is 196 g/mol. The molecule has 0 fully saturated rings. The summed E-state index contributed by atoms with van der Waals surface area (Å²) in [6.07, 6.45) is 0. The molecular formula is C14H12O. The van der Waals surface area contributed by atoms with Crippen LogP contribution in [0.15, 0.2) is 52.9 Å². The third-order valence-electron chi connectivity index (χ3n) is 2.16. The molecule has 1 aromatic heterocycles. The van der Waals surface area contributed by atoms with Gasteiger partial charge < -0.3 is 4.42 Å². The molecule has 0 radical (unpaired) electrons. The van der Waals surface area contributed by atoms with Crippen LogP contribution >= 0.6 is 0 Å². The molecule has 0 saturated heterocycles. The van der Waals surface area contributed by atoms with E-state index < -0.39 is 0 Å². The van der Waals surface area contributed by atoms with E-state index in [2.05, 4.69) is 13.2 Å². The summed E-state index contributed by atoms with van der Waals surface area (Å²) in [4.78, 5) is 0. The highest BCUT2D eigenvalue weighted by Gasteiger charge is 1.89. The molecule has 1 aromatic carbocycles. The summed E-state index contributed by atoms with van der Waals surface area (Å²) in [5.41, 5.74) is 1.42. The van der Waals surface area contributed by atoms with Gasteiger partial charge in [0.25, 0.3) is 0 Å². The second kappa shape index (κ2) is 4.01. The van der Waals surface area contributed by atoms with Crippen molar-refractivity contribution < 1.29 is 4.42 Å². The molecule has 0 aliphatic carbocycles. The minimum Gasteiger partial charge on any atom is -0.457 e. The van der Waals surface area contributed by atoms with Crippen LogP contribution in [0.5, 0.6) is 0 Å². The van der Waals surface area contributed by atoms with Crippen molar-refractivity contribution in [3.8, 4) is 0 Å². The molecule has 15 heavy (non-hydrogen) atoms. The molecule has 0 amide bonds. The van der Waals surface area contributed by atoms with Crippen molar-refractivity contribution >= 4 is 24.1 Å². The van der Waals surface area contributed by atoms with Crippen molar-refractivity contribution in [3.63, 3.8) is 0 Å². The van der Waals surface area contributed by atoms with Crippen molar-refractivity contribution in [2.45, 2.75) is 0 Å². The first-order valence-electron chi connectivity index (χ1n) is 4.77. The Morgan fingerprint density at radius 3 is 2.33 bits per heavy atom. The number of fused-ring (bicyclic) bond motifs is 1. The highest BCUT2D eigenvalue weighted by molar-refractivity contribution is 5.76. The van der Waals surface area contributed by atoms with Crippen LogP contribution < -0.4 is 10.6 Å². The largest absolute Gasteiger partial charge is 0.457 e. The Hall–Kier alpha value is -2.02. The van der Waals surface area contributed by atoms with E-state index in [1.807, 2.05) is 48.5 Å². The lowest BCUT2D eigenvalue weighted by molar-refractivity contribution is 0.571. The van der Waals surface area contributed by atoms with Gasteiger partial charge in [0.15, 0.2) is 0 Å². The smallest absolute Gasteiger partial charge is 0.135 e. The molecule has 2 aromatic rings. The van der Waals surface area contributed by atoms with Gasteiger partial charge in [0.2, 0.25) is 0 Å². The maximum Gasteiger partial charge on any atom is 0.135 e. The quantitative estimate of drug-likeness (QED) is 0.630. The van der Waals surface area contributed by atoms with E-state index in [0.29, 0.717) is 5.42 Å². The van der Waals surface area contributed by atoms with Crippen LogP contribution in [0.3, 0.4) is 0 Å². The van der Waals surface area contributed by atoms with Gasteiger partial charge in [-0.05, 0) is 17.4 Å². The molecule has 1 heterocycles. The fourth-order valence-corrected chi connectivity index (χ4v) is 1.42. The van der Waals surface area contributed by atoms with E-state index in [-0.39, 0.29) is 0 Å². The van der Waals surface area contributed by atoms with E-state index in [0.717, 1.165) is 16.2 Å². The molecule has 0 unspecified atom stereocenters. The predicted molar refractivity (Wildman–Crippen MR) is 64.1 cm³/mol. The zero-order chi connectivity index (χ0) is 10.7. The first-order valence-corrected chi connectivity index (χ1v) is 4.77. The fourth-order valence-electron chi connectivity index (χ4n) is 1.42. The summed E-state index contributed by atoms with van der Waals surface area (Å²) in [5, 5.41) is 1.93. The zero-order valence-corrected chi connectivity index (χ0v) is 8.44. The number of benzene rings is 1. The molecule has 0 aliphatic heterocycles. The van der Waals surface area contributed by atoms with Gasteiger partial charge in [0.05, 0.1) is 0 Å². The van der Waals surface area contributed by atoms with Crippen molar-refractivity contribution in [2.75, 3.05) is 0 Å². The fraction of sp³-hybridized carbons (Fsp3) is 0. The molecular weight excluding hydrogens is 184 g/mol. The standard InChI is InChI=1S/C14H12O/c1-11-7-3-4-8-12(2)15-14-10-6-5-9-13(11)14/h3-10H,1-2H2. The molecule has 0 bridgehead atoms. The Morgan fingerprint density at radius 2 is 1.47 bits per heavy atom. The highest BCUT2D eigenvalue weighted by atomic mass is 16.3. The molecule has 0 N–H and O–H groups in total. The molecule has 0 atom stereocenters.